The molecule has 176 valence electrons. The van der Waals surface area contributed by atoms with Gasteiger partial charge in [0.25, 0.3) is 0 Å². The summed E-state index contributed by atoms with van der Waals surface area (Å²) in [6.07, 6.45) is 0.331. The summed E-state index contributed by atoms with van der Waals surface area (Å²) in [5, 5.41) is 0. The normalized spacial score (nSPS) is 25.1. The minimum absolute atomic E-state index is 0.124. The lowest BCUT2D eigenvalue weighted by Crippen LogP contribution is -2.50. The van der Waals surface area contributed by atoms with Crippen LogP contribution in [0.4, 0.5) is 4.79 Å². The van der Waals surface area contributed by atoms with E-state index in [0.717, 1.165) is 16.6 Å². The fourth-order valence-electron chi connectivity index (χ4n) is 4.47. The third kappa shape index (κ3) is 4.42. The van der Waals surface area contributed by atoms with Gasteiger partial charge in [-0.15, -0.1) is 0 Å². The summed E-state index contributed by atoms with van der Waals surface area (Å²) in [5.74, 6) is 0. The maximum Gasteiger partial charge on any atom is 0.494 e. The standard InChI is InChI=1S/C26H34BNO5/c1-19(20-12-14-22(15-13-20)27-32-24(2,3)25(4,5)33-27)28-17-16-26(18-30-6,31-23(28)29)21-10-8-7-9-11-21/h7-15,19H,16-18H2,1-6H3/t19-,26-/m0/s1. The Labute approximate surface area is 197 Å². The molecule has 2 atom stereocenters. The first-order valence-corrected chi connectivity index (χ1v) is 11.6. The maximum absolute atomic E-state index is 13.1. The van der Waals surface area contributed by atoms with Crippen molar-refractivity contribution in [3.8, 4) is 0 Å². The highest BCUT2D eigenvalue weighted by molar-refractivity contribution is 6.62. The summed E-state index contributed by atoms with van der Waals surface area (Å²) in [6, 6.07) is 17.8. The molecule has 7 heteroatoms. The Balaban J connectivity index is 1.47. The number of hydrogen-bond acceptors (Lipinski definition) is 5. The van der Waals surface area contributed by atoms with Gasteiger partial charge < -0.3 is 23.7 Å². The summed E-state index contributed by atoms with van der Waals surface area (Å²) in [7, 11) is 1.23. The number of amides is 1. The first kappa shape index (κ1) is 23.8. The van der Waals surface area contributed by atoms with Gasteiger partial charge in [0.05, 0.1) is 23.9 Å². The molecule has 2 fully saturated rings. The third-order valence-electron chi connectivity index (χ3n) is 7.36. The van der Waals surface area contributed by atoms with Crippen LogP contribution in [0, 0.1) is 0 Å². The van der Waals surface area contributed by atoms with Crippen molar-refractivity contribution in [3.63, 3.8) is 0 Å². The molecule has 0 radical (unpaired) electrons. The van der Waals surface area contributed by atoms with E-state index in [-0.39, 0.29) is 23.3 Å². The van der Waals surface area contributed by atoms with Crippen LogP contribution in [0.5, 0.6) is 0 Å². The van der Waals surface area contributed by atoms with E-state index < -0.39 is 12.7 Å². The van der Waals surface area contributed by atoms with Crippen LogP contribution in [0.1, 0.15) is 58.2 Å². The maximum atomic E-state index is 13.1. The summed E-state index contributed by atoms with van der Waals surface area (Å²) >= 11 is 0. The zero-order chi connectivity index (χ0) is 23.9. The molecule has 2 saturated heterocycles. The number of benzene rings is 2. The number of rotatable bonds is 6. The summed E-state index contributed by atoms with van der Waals surface area (Å²) in [4.78, 5) is 14.9. The summed E-state index contributed by atoms with van der Waals surface area (Å²) in [6.45, 7) is 11.1. The molecular weight excluding hydrogens is 417 g/mol. The van der Waals surface area contributed by atoms with Crippen LogP contribution < -0.4 is 5.46 Å². The first-order chi connectivity index (χ1) is 15.6. The Kier molecular flexibility index (Phi) is 6.33. The van der Waals surface area contributed by atoms with Crippen molar-refractivity contribution in [1.29, 1.82) is 0 Å². The van der Waals surface area contributed by atoms with E-state index in [4.69, 9.17) is 18.8 Å². The predicted octanol–water partition coefficient (Wildman–Crippen LogP) is 4.43. The Morgan fingerprint density at radius 3 is 2.15 bits per heavy atom. The van der Waals surface area contributed by atoms with Gasteiger partial charge in [0.2, 0.25) is 0 Å². The zero-order valence-electron chi connectivity index (χ0n) is 20.5. The molecule has 2 aromatic carbocycles. The molecule has 1 amide bonds. The van der Waals surface area contributed by atoms with Crippen molar-refractivity contribution < 1.29 is 23.6 Å². The second kappa shape index (κ2) is 8.78. The fraction of sp³-hybridized carbons (Fsp3) is 0.500. The highest BCUT2D eigenvalue weighted by Gasteiger charge is 2.51. The number of carbonyl (C=O) groups is 1. The van der Waals surface area contributed by atoms with Crippen LogP contribution in [0.25, 0.3) is 0 Å². The molecule has 0 saturated carbocycles. The monoisotopic (exact) mass is 451 g/mol. The molecule has 2 aromatic rings. The van der Waals surface area contributed by atoms with Crippen molar-refractivity contribution in [1.82, 2.24) is 4.90 Å². The van der Waals surface area contributed by atoms with Crippen LogP contribution in [-0.2, 0) is 24.4 Å². The average molecular weight is 451 g/mol. The highest BCUT2D eigenvalue weighted by Crippen LogP contribution is 2.38. The minimum atomic E-state index is -0.760. The Bertz CT molecular complexity index is 962. The van der Waals surface area contributed by atoms with E-state index in [9.17, 15) is 4.79 Å². The SMILES string of the molecule is COC[C@]1(c2ccccc2)CCN([C@@H](C)c2ccc(B3OC(C)(C)C(C)(C)O3)cc2)C(=O)O1. The number of hydrogen-bond donors (Lipinski definition) is 0. The molecule has 2 aliphatic rings. The molecule has 0 aliphatic carbocycles. The lowest BCUT2D eigenvalue weighted by atomic mass is 9.78. The number of methoxy groups -OCH3 is 1. The quantitative estimate of drug-likeness (QED) is 0.609. The van der Waals surface area contributed by atoms with Crippen LogP contribution in [0.15, 0.2) is 54.6 Å². The van der Waals surface area contributed by atoms with Gasteiger partial charge in [-0.1, -0.05) is 54.6 Å². The average Bonchev–Trinajstić information content (AvgIpc) is 3.01. The van der Waals surface area contributed by atoms with Gasteiger partial charge in [0, 0.05) is 20.1 Å². The second-order valence-electron chi connectivity index (χ2n) is 10.0. The predicted molar refractivity (Wildman–Crippen MR) is 128 cm³/mol. The topological polar surface area (TPSA) is 57.2 Å². The molecule has 0 bridgehead atoms. The molecule has 6 nitrogen and oxygen atoms in total. The van der Waals surface area contributed by atoms with Gasteiger partial charge in [-0.05, 0) is 51.2 Å². The number of cyclic esters (lactones) is 1. The van der Waals surface area contributed by atoms with E-state index in [0.29, 0.717) is 19.6 Å². The molecule has 33 heavy (non-hydrogen) atoms. The summed E-state index contributed by atoms with van der Waals surface area (Å²) < 4.78 is 23.8. The largest absolute Gasteiger partial charge is 0.494 e. The van der Waals surface area contributed by atoms with Gasteiger partial charge in [0.1, 0.15) is 0 Å². The summed E-state index contributed by atoms with van der Waals surface area (Å²) in [5.41, 5.74) is 1.44. The number of ether oxygens (including phenoxy) is 2. The fourth-order valence-corrected chi connectivity index (χ4v) is 4.47. The van der Waals surface area contributed by atoms with Crippen LogP contribution >= 0.6 is 0 Å². The van der Waals surface area contributed by atoms with Gasteiger partial charge in [0.15, 0.2) is 5.60 Å². The molecule has 4 rings (SSSR count). The molecule has 0 N–H and O–H groups in total. The Morgan fingerprint density at radius 1 is 1.00 bits per heavy atom. The molecule has 0 aromatic heterocycles. The Morgan fingerprint density at radius 2 is 1.61 bits per heavy atom. The number of nitrogens with zero attached hydrogens (tertiary/aromatic N) is 1. The van der Waals surface area contributed by atoms with Crippen LogP contribution in [0.2, 0.25) is 0 Å². The van der Waals surface area contributed by atoms with Crippen molar-refractivity contribution in [3.05, 3.63) is 65.7 Å². The van der Waals surface area contributed by atoms with Crippen molar-refractivity contribution in [2.75, 3.05) is 20.3 Å². The molecule has 0 unspecified atom stereocenters. The van der Waals surface area contributed by atoms with E-state index >= 15 is 0 Å². The molecule has 2 heterocycles. The smallest absolute Gasteiger partial charge is 0.435 e. The van der Waals surface area contributed by atoms with E-state index in [1.54, 1.807) is 12.0 Å². The van der Waals surface area contributed by atoms with E-state index in [1.807, 2.05) is 89.2 Å². The third-order valence-corrected chi connectivity index (χ3v) is 7.36. The van der Waals surface area contributed by atoms with E-state index in [1.165, 1.54) is 0 Å². The lowest BCUT2D eigenvalue weighted by molar-refractivity contribution is -0.0964. The highest BCUT2D eigenvalue weighted by atomic mass is 16.7. The van der Waals surface area contributed by atoms with Crippen molar-refractivity contribution in [2.24, 2.45) is 0 Å². The van der Waals surface area contributed by atoms with E-state index in [2.05, 4.69) is 0 Å². The lowest BCUT2D eigenvalue weighted by Gasteiger charge is -2.43. The number of carbonyl (C=O) groups excluding carboxylic acids is 1. The van der Waals surface area contributed by atoms with Crippen molar-refractivity contribution in [2.45, 2.75) is 63.9 Å². The van der Waals surface area contributed by atoms with Gasteiger partial charge in [-0.25, -0.2) is 4.79 Å². The van der Waals surface area contributed by atoms with Gasteiger partial charge >= 0.3 is 13.2 Å². The van der Waals surface area contributed by atoms with Crippen LogP contribution in [0.3, 0.4) is 0 Å². The second-order valence-corrected chi connectivity index (χ2v) is 10.0. The first-order valence-electron chi connectivity index (χ1n) is 11.6. The zero-order valence-corrected chi connectivity index (χ0v) is 20.5. The molecule has 2 aliphatic heterocycles. The Hall–Kier alpha value is -2.35. The van der Waals surface area contributed by atoms with Crippen LogP contribution in [-0.4, -0.2) is 49.6 Å². The molecule has 0 spiro atoms. The van der Waals surface area contributed by atoms with Gasteiger partial charge in [-0.2, -0.15) is 0 Å². The van der Waals surface area contributed by atoms with Gasteiger partial charge in [-0.3, -0.25) is 0 Å². The van der Waals surface area contributed by atoms with Crippen molar-refractivity contribution >= 4 is 18.7 Å². The molecular formula is C26H34BNO5. The minimum Gasteiger partial charge on any atom is -0.435 e.